The van der Waals surface area contributed by atoms with Gasteiger partial charge in [-0.2, -0.15) is 0 Å². The predicted molar refractivity (Wildman–Crippen MR) is 112 cm³/mol. The number of ether oxygens (including phenoxy) is 1. The first-order valence-corrected chi connectivity index (χ1v) is 10.4. The summed E-state index contributed by atoms with van der Waals surface area (Å²) in [6, 6.07) is 3.64. The first-order chi connectivity index (χ1) is 14.0. The maximum atomic E-state index is 12.7. The van der Waals surface area contributed by atoms with Gasteiger partial charge in [0.05, 0.1) is 13.7 Å². The lowest BCUT2D eigenvalue weighted by Gasteiger charge is -2.27. The molecule has 0 aromatic carbocycles. The zero-order valence-corrected chi connectivity index (χ0v) is 17.5. The third-order valence-corrected chi connectivity index (χ3v) is 6.00. The fourth-order valence-electron chi connectivity index (χ4n) is 4.45. The van der Waals surface area contributed by atoms with Crippen LogP contribution in [0, 0.1) is 0 Å². The number of nitrogens with one attached hydrogen (secondary N) is 1. The largest absolute Gasteiger partial charge is 0.497 e. The molecule has 0 atom stereocenters. The molecule has 1 saturated carbocycles. The van der Waals surface area contributed by atoms with Gasteiger partial charge in [-0.3, -0.25) is 9.78 Å². The molecule has 29 heavy (non-hydrogen) atoms. The van der Waals surface area contributed by atoms with E-state index in [1.807, 2.05) is 18.0 Å². The Morgan fingerprint density at radius 1 is 1.24 bits per heavy atom. The number of nitrogens with zero attached hydrogens (tertiary/aromatic N) is 4. The summed E-state index contributed by atoms with van der Waals surface area (Å²) in [4.78, 5) is 28.6. The Hall–Kier alpha value is -2.70. The molecule has 0 bridgehead atoms. The predicted octanol–water partition coefficient (Wildman–Crippen LogP) is 2.92. The summed E-state index contributed by atoms with van der Waals surface area (Å²) >= 11 is 0. The van der Waals surface area contributed by atoms with Crippen LogP contribution in [0.5, 0.6) is 5.75 Å². The summed E-state index contributed by atoms with van der Waals surface area (Å²) in [6.07, 6.45) is 9.11. The average Bonchev–Trinajstić information content (AvgIpc) is 3.35. The Labute approximate surface area is 171 Å². The van der Waals surface area contributed by atoms with Gasteiger partial charge in [-0.05, 0) is 45.1 Å². The second kappa shape index (κ2) is 7.97. The van der Waals surface area contributed by atoms with Crippen molar-refractivity contribution in [3.8, 4) is 17.3 Å². The zero-order valence-electron chi connectivity index (χ0n) is 17.5. The Kier molecular flexibility index (Phi) is 5.39. The summed E-state index contributed by atoms with van der Waals surface area (Å²) in [5.74, 6) is 2.18. The number of aromatic nitrogens is 3. The number of hydrogen-bond acceptors (Lipinski definition) is 6. The fraction of sp³-hybridized carbons (Fsp3) is 0.545. The van der Waals surface area contributed by atoms with E-state index in [-0.39, 0.29) is 18.0 Å². The number of rotatable bonds is 6. The van der Waals surface area contributed by atoms with Gasteiger partial charge >= 0.3 is 0 Å². The highest BCUT2D eigenvalue weighted by molar-refractivity contribution is 5.82. The molecule has 2 aliphatic carbocycles. The van der Waals surface area contributed by atoms with Crippen molar-refractivity contribution >= 4 is 11.7 Å². The van der Waals surface area contributed by atoms with Gasteiger partial charge in [-0.25, -0.2) is 9.97 Å². The minimum atomic E-state index is -0.0682. The highest BCUT2D eigenvalue weighted by Gasteiger charge is 2.31. The molecule has 2 aromatic heterocycles. The molecule has 0 radical (unpaired) electrons. The van der Waals surface area contributed by atoms with E-state index >= 15 is 0 Å². The van der Waals surface area contributed by atoms with Gasteiger partial charge in [0, 0.05) is 36.1 Å². The van der Waals surface area contributed by atoms with Crippen molar-refractivity contribution in [1.29, 1.82) is 0 Å². The maximum absolute atomic E-state index is 12.7. The standard InChI is InChI=1S/C22H29N5O2/c1-22(10-4-5-11-22)26-19(28)14-27(2)21-16-7-6-8-17(16)24-20(25-21)18-13-15(29-3)9-12-23-18/h9,12-13H,4-8,10-11,14H2,1-3H3,(H,26,28). The Morgan fingerprint density at radius 3 is 2.79 bits per heavy atom. The molecule has 154 valence electrons. The second-order valence-corrected chi connectivity index (χ2v) is 8.40. The monoisotopic (exact) mass is 395 g/mol. The molecule has 2 aromatic rings. The molecule has 2 aliphatic rings. The van der Waals surface area contributed by atoms with Gasteiger partial charge in [0.1, 0.15) is 17.3 Å². The Balaban J connectivity index is 1.59. The number of hydrogen-bond donors (Lipinski definition) is 1. The average molecular weight is 396 g/mol. The van der Waals surface area contributed by atoms with E-state index in [0.717, 1.165) is 54.9 Å². The molecule has 0 saturated heterocycles. The summed E-state index contributed by atoms with van der Waals surface area (Å²) < 4.78 is 5.31. The third kappa shape index (κ3) is 4.18. The highest BCUT2D eigenvalue weighted by atomic mass is 16.5. The first kappa shape index (κ1) is 19.6. The molecule has 4 rings (SSSR count). The normalized spacial score (nSPS) is 17.1. The highest BCUT2D eigenvalue weighted by Crippen LogP contribution is 2.32. The summed E-state index contributed by atoms with van der Waals surface area (Å²) in [5.41, 5.74) is 2.82. The van der Waals surface area contributed by atoms with Crippen molar-refractivity contribution in [3.05, 3.63) is 29.6 Å². The number of carbonyl (C=O) groups excluding carboxylic acids is 1. The smallest absolute Gasteiger partial charge is 0.239 e. The van der Waals surface area contributed by atoms with Crippen molar-refractivity contribution in [3.63, 3.8) is 0 Å². The SMILES string of the molecule is COc1ccnc(-c2nc3c(c(N(C)CC(=O)NC4(C)CCCC4)n2)CCC3)c1. The molecule has 2 heterocycles. The number of aryl methyl sites for hydroxylation is 1. The fourth-order valence-corrected chi connectivity index (χ4v) is 4.45. The molecule has 1 fully saturated rings. The van der Waals surface area contributed by atoms with Crippen LogP contribution < -0.4 is 15.0 Å². The van der Waals surface area contributed by atoms with Crippen molar-refractivity contribution in [2.24, 2.45) is 0 Å². The number of carbonyl (C=O) groups is 1. The number of fused-ring (bicyclic) bond motifs is 1. The van der Waals surface area contributed by atoms with Crippen molar-refractivity contribution in [1.82, 2.24) is 20.3 Å². The molecule has 0 spiro atoms. The van der Waals surface area contributed by atoms with Crippen LogP contribution in [-0.4, -0.2) is 47.1 Å². The number of anilines is 1. The van der Waals surface area contributed by atoms with Gasteiger partial charge in [-0.1, -0.05) is 12.8 Å². The summed E-state index contributed by atoms with van der Waals surface area (Å²) in [5, 5.41) is 3.23. The molecule has 1 N–H and O–H groups in total. The van der Waals surface area contributed by atoms with E-state index in [0.29, 0.717) is 11.5 Å². The first-order valence-electron chi connectivity index (χ1n) is 10.4. The Morgan fingerprint density at radius 2 is 2.03 bits per heavy atom. The van der Waals surface area contributed by atoms with Crippen LogP contribution in [0.1, 0.15) is 50.3 Å². The molecular formula is C22H29N5O2. The summed E-state index contributed by atoms with van der Waals surface area (Å²) in [7, 11) is 3.56. The lowest BCUT2D eigenvalue weighted by molar-refractivity contribution is -0.121. The van der Waals surface area contributed by atoms with Crippen molar-refractivity contribution in [2.45, 2.75) is 57.4 Å². The van der Waals surface area contributed by atoms with Crippen LogP contribution in [-0.2, 0) is 17.6 Å². The van der Waals surface area contributed by atoms with Gasteiger partial charge in [-0.15, -0.1) is 0 Å². The van der Waals surface area contributed by atoms with Gasteiger partial charge < -0.3 is 15.0 Å². The maximum Gasteiger partial charge on any atom is 0.239 e. The van der Waals surface area contributed by atoms with E-state index in [1.165, 1.54) is 12.8 Å². The van der Waals surface area contributed by atoms with Crippen LogP contribution in [0.25, 0.3) is 11.5 Å². The number of amides is 1. The number of likely N-dealkylation sites (N-methyl/N-ethyl adjacent to an activating group) is 1. The Bertz CT molecular complexity index is 908. The van der Waals surface area contributed by atoms with E-state index in [4.69, 9.17) is 14.7 Å². The third-order valence-electron chi connectivity index (χ3n) is 6.00. The van der Waals surface area contributed by atoms with Crippen molar-refractivity contribution in [2.75, 3.05) is 25.6 Å². The lowest BCUT2D eigenvalue weighted by Crippen LogP contribution is -2.47. The van der Waals surface area contributed by atoms with Crippen LogP contribution >= 0.6 is 0 Å². The molecular weight excluding hydrogens is 366 g/mol. The quantitative estimate of drug-likeness (QED) is 0.810. The number of methoxy groups -OCH3 is 1. The van der Waals surface area contributed by atoms with Crippen LogP contribution in [0.3, 0.4) is 0 Å². The topological polar surface area (TPSA) is 80.2 Å². The van der Waals surface area contributed by atoms with Crippen LogP contribution in [0.2, 0.25) is 0 Å². The van der Waals surface area contributed by atoms with Gasteiger partial charge in [0.2, 0.25) is 5.91 Å². The van der Waals surface area contributed by atoms with E-state index in [9.17, 15) is 4.79 Å². The second-order valence-electron chi connectivity index (χ2n) is 8.40. The van der Waals surface area contributed by atoms with E-state index < -0.39 is 0 Å². The van der Waals surface area contributed by atoms with Crippen molar-refractivity contribution < 1.29 is 9.53 Å². The van der Waals surface area contributed by atoms with E-state index in [2.05, 4.69) is 17.2 Å². The minimum Gasteiger partial charge on any atom is -0.497 e. The summed E-state index contributed by atoms with van der Waals surface area (Å²) in [6.45, 7) is 2.43. The van der Waals surface area contributed by atoms with Crippen LogP contribution in [0.4, 0.5) is 5.82 Å². The van der Waals surface area contributed by atoms with Crippen LogP contribution in [0.15, 0.2) is 18.3 Å². The minimum absolute atomic E-state index is 0.0447. The number of pyridine rings is 1. The molecule has 7 nitrogen and oxygen atoms in total. The zero-order chi connectivity index (χ0) is 20.4. The molecule has 7 heteroatoms. The molecule has 0 unspecified atom stereocenters. The van der Waals surface area contributed by atoms with Gasteiger partial charge in [0.25, 0.3) is 0 Å². The van der Waals surface area contributed by atoms with Gasteiger partial charge in [0.15, 0.2) is 5.82 Å². The molecule has 0 aliphatic heterocycles. The molecule has 1 amide bonds. The lowest BCUT2D eigenvalue weighted by atomic mass is 10.0. The van der Waals surface area contributed by atoms with E-state index in [1.54, 1.807) is 19.4 Å².